The topological polar surface area (TPSA) is 63.6 Å². The van der Waals surface area contributed by atoms with E-state index in [1.165, 1.54) is 7.11 Å². The van der Waals surface area contributed by atoms with Gasteiger partial charge in [0.15, 0.2) is 0 Å². The third kappa shape index (κ3) is 4.60. The number of aliphatic carboxylic acids is 1. The Hall–Kier alpha value is -2.27. The summed E-state index contributed by atoms with van der Waals surface area (Å²) in [5.41, 5.74) is 2.32. The second kappa shape index (κ2) is 7.83. The van der Waals surface area contributed by atoms with Gasteiger partial charge in [0.2, 0.25) is 0 Å². The maximum Gasteiger partial charge on any atom is 0.338 e. The molecule has 0 aliphatic rings. The average Bonchev–Trinajstić information content (AvgIpc) is 2.55. The Morgan fingerprint density at radius 3 is 2.30 bits per heavy atom. The summed E-state index contributed by atoms with van der Waals surface area (Å²) in [6.07, 6.45) is 0.773. The van der Waals surface area contributed by atoms with E-state index in [1.807, 2.05) is 43.3 Å². The number of carbonyl (C=O) groups excluding carboxylic acids is 1. The van der Waals surface area contributed by atoms with Crippen LogP contribution in [-0.2, 0) is 22.4 Å². The van der Waals surface area contributed by atoms with E-state index in [4.69, 9.17) is 9.84 Å². The molecule has 0 radical (unpaired) electrons. The molecule has 0 aliphatic heterocycles. The van der Waals surface area contributed by atoms with Gasteiger partial charge in [0, 0.05) is 9.79 Å². The predicted octanol–water partition coefficient (Wildman–Crippen LogP) is 3.81. The first kappa shape index (κ1) is 17.1. The minimum atomic E-state index is -0.837. The van der Waals surface area contributed by atoms with Crippen LogP contribution in [0.25, 0.3) is 0 Å². The fourth-order valence-corrected chi connectivity index (χ4v) is 3.10. The Morgan fingerprint density at radius 2 is 1.74 bits per heavy atom. The summed E-state index contributed by atoms with van der Waals surface area (Å²) in [5.74, 6) is -1.16. The Balaban J connectivity index is 2.16. The molecule has 23 heavy (non-hydrogen) atoms. The lowest BCUT2D eigenvalue weighted by Gasteiger charge is -2.09. The van der Waals surface area contributed by atoms with Crippen molar-refractivity contribution in [3.05, 3.63) is 59.2 Å². The van der Waals surface area contributed by atoms with Crippen molar-refractivity contribution in [2.24, 2.45) is 0 Å². The molecule has 0 fully saturated rings. The SMILES string of the molecule is CCc1cc(Sc2ccc(CC(=O)O)cc2)ccc1C(=O)OC. The number of hydrogen-bond donors (Lipinski definition) is 1. The number of aryl methyl sites for hydroxylation is 1. The van der Waals surface area contributed by atoms with Gasteiger partial charge in [-0.1, -0.05) is 30.8 Å². The molecule has 0 saturated carbocycles. The fourth-order valence-electron chi connectivity index (χ4n) is 2.22. The lowest BCUT2D eigenvalue weighted by atomic mass is 10.1. The number of methoxy groups -OCH3 is 1. The van der Waals surface area contributed by atoms with Crippen molar-refractivity contribution >= 4 is 23.7 Å². The Kier molecular flexibility index (Phi) is 5.82. The number of esters is 1. The van der Waals surface area contributed by atoms with Gasteiger partial charge in [-0.25, -0.2) is 4.79 Å². The van der Waals surface area contributed by atoms with Crippen molar-refractivity contribution in [2.45, 2.75) is 29.6 Å². The highest BCUT2D eigenvalue weighted by Crippen LogP contribution is 2.30. The van der Waals surface area contributed by atoms with Gasteiger partial charge in [0.1, 0.15) is 0 Å². The molecule has 0 spiro atoms. The van der Waals surface area contributed by atoms with Crippen LogP contribution >= 0.6 is 11.8 Å². The third-order valence-electron chi connectivity index (χ3n) is 3.38. The molecule has 0 aliphatic carbocycles. The van der Waals surface area contributed by atoms with E-state index in [-0.39, 0.29) is 12.4 Å². The number of carboxylic acids is 1. The van der Waals surface area contributed by atoms with Gasteiger partial charge in [-0.15, -0.1) is 0 Å². The predicted molar refractivity (Wildman–Crippen MR) is 89.1 cm³/mol. The summed E-state index contributed by atoms with van der Waals surface area (Å²) in [4.78, 5) is 24.4. The summed E-state index contributed by atoms with van der Waals surface area (Å²) in [5, 5.41) is 8.78. The standard InChI is InChI=1S/C18H18O4S/c1-3-13-11-15(8-9-16(13)18(21)22-2)23-14-6-4-12(5-7-14)10-17(19)20/h4-9,11H,3,10H2,1-2H3,(H,19,20). The number of carbonyl (C=O) groups is 2. The molecule has 0 bridgehead atoms. The van der Waals surface area contributed by atoms with Gasteiger partial charge in [-0.05, 0) is 47.9 Å². The van der Waals surface area contributed by atoms with E-state index in [9.17, 15) is 9.59 Å². The van der Waals surface area contributed by atoms with Crippen molar-refractivity contribution in [1.82, 2.24) is 0 Å². The van der Waals surface area contributed by atoms with Crippen molar-refractivity contribution in [3.8, 4) is 0 Å². The molecule has 0 saturated heterocycles. The maximum absolute atomic E-state index is 11.7. The molecule has 2 rings (SSSR count). The molecular formula is C18H18O4S. The Morgan fingerprint density at radius 1 is 1.09 bits per heavy atom. The lowest BCUT2D eigenvalue weighted by Crippen LogP contribution is -2.05. The lowest BCUT2D eigenvalue weighted by molar-refractivity contribution is -0.136. The van der Waals surface area contributed by atoms with E-state index >= 15 is 0 Å². The molecule has 0 aromatic heterocycles. The van der Waals surface area contributed by atoms with Crippen molar-refractivity contribution in [3.63, 3.8) is 0 Å². The van der Waals surface area contributed by atoms with E-state index in [0.717, 1.165) is 27.3 Å². The van der Waals surface area contributed by atoms with E-state index < -0.39 is 5.97 Å². The first-order chi connectivity index (χ1) is 11.0. The van der Waals surface area contributed by atoms with E-state index in [0.29, 0.717) is 5.56 Å². The number of ether oxygens (including phenoxy) is 1. The largest absolute Gasteiger partial charge is 0.481 e. The summed E-state index contributed by atoms with van der Waals surface area (Å²) < 4.78 is 4.79. The molecule has 120 valence electrons. The highest BCUT2D eigenvalue weighted by atomic mass is 32.2. The Bertz CT molecular complexity index is 707. The molecule has 5 heteroatoms. The summed E-state index contributed by atoms with van der Waals surface area (Å²) in [7, 11) is 1.38. The van der Waals surface area contributed by atoms with Gasteiger partial charge in [0.05, 0.1) is 19.1 Å². The second-order valence-corrected chi connectivity index (χ2v) is 6.13. The van der Waals surface area contributed by atoms with Crippen LogP contribution < -0.4 is 0 Å². The summed E-state index contributed by atoms with van der Waals surface area (Å²) in [6, 6.07) is 13.1. The van der Waals surface area contributed by atoms with Crippen LogP contribution in [0, 0.1) is 0 Å². The zero-order chi connectivity index (χ0) is 16.8. The molecular weight excluding hydrogens is 312 g/mol. The summed E-state index contributed by atoms with van der Waals surface area (Å²) >= 11 is 1.57. The van der Waals surface area contributed by atoms with Crippen LogP contribution in [0.5, 0.6) is 0 Å². The molecule has 0 atom stereocenters. The number of rotatable bonds is 6. The van der Waals surface area contributed by atoms with Gasteiger partial charge >= 0.3 is 11.9 Å². The average molecular weight is 330 g/mol. The van der Waals surface area contributed by atoms with Gasteiger partial charge in [-0.3, -0.25) is 4.79 Å². The molecule has 0 unspecified atom stereocenters. The van der Waals surface area contributed by atoms with Crippen molar-refractivity contribution < 1.29 is 19.4 Å². The first-order valence-corrected chi connectivity index (χ1v) is 8.05. The van der Waals surface area contributed by atoms with Crippen molar-refractivity contribution in [1.29, 1.82) is 0 Å². The van der Waals surface area contributed by atoms with Crippen LogP contribution in [0.1, 0.15) is 28.4 Å². The summed E-state index contributed by atoms with van der Waals surface area (Å²) in [6.45, 7) is 2.00. The molecule has 0 heterocycles. The molecule has 2 aromatic rings. The van der Waals surface area contributed by atoms with E-state index in [2.05, 4.69) is 0 Å². The minimum Gasteiger partial charge on any atom is -0.481 e. The van der Waals surface area contributed by atoms with Crippen LogP contribution in [0.15, 0.2) is 52.3 Å². The monoisotopic (exact) mass is 330 g/mol. The van der Waals surface area contributed by atoms with Crippen molar-refractivity contribution in [2.75, 3.05) is 7.11 Å². The van der Waals surface area contributed by atoms with Gasteiger partial charge < -0.3 is 9.84 Å². The highest BCUT2D eigenvalue weighted by Gasteiger charge is 2.11. The zero-order valence-corrected chi connectivity index (χ0v) is 13.9. The fraction of sp³-hybridized carbons (Fsp3) is 0.222. The number of carboxylic acid groups (broad SMARTS) is 1. The minimum absolute atomic E-state index is 0.0265. The van der Waals surface area contributed by atoms with Crippen LogP contribution in [0.2, 0.25) is 0 Å². The smallest absolute Gasteiger partial charge is 0.338 e. The number of benzene rings is 2. The van der Waals surface area contributed by atoms with E-state index in [1.54, 1.807) is 17.8 Å². The molecule has 0 amide bonds. The van der Waals surface area contributed by atoms with Crippen LogP contribution in [-0.4, -0.2) is 24.2 Å². The quantitative estimate of drug-likeness (QED) is 0.816. The molecule has 4 nitrogen and oxygen atoms in total. The normalized spacial score (nSPS) is 10.3. The zero-order valence-electron chi connectivity index (χ0n) is 13.0. The highest BCUT2D eigenvalue weighted by molar-refractivity contribution is 7.99. The van der Waals surface area contributed by atoms with Gasteiger partial charge in [0.25, 0.3) is 0 Å². The van der Waals surface area contributed by atoms with Crippen LogP contribution in [0.3, 0.4) is 0 Å². The van der Waals surface area contributed by atoms with Crippen LogP contribution in [0.4, 0.5) is 0 Å². The van der Waals surface area contributed by atoms with Gasteiger partial charge in [-0.2, -0.15) is 0 Å². The first-order valence-electron chi connectivity index (χ1n) is 7.23. The Labute approximate surface area is 139 Å². The second-order valence-electron chi connectivity index (χ2n) is 4.98. The molecule has 1 N–H and O–H groups in total. The third-order valence-corrected chi connectivity index (χ3v) is 4.37. The number of hydrogen-bond acceptors (Lipinski definition) is 4. The maximum atomic E-state index is 11.7. The molecule has 2 aromatic carbocycles.